The second-order valence-electron chi connectivity index (χ2n) is 5.35. The first-order valence-corrected chi connectivity index (χ1v) is 7.69. The SMILES string of the molecule is O=C([O-])c1ccc2ccccc2n1.O=C([O-])c1ccc2ccccc2n1.[Ag]. The van der Waals surface area contributed by atoms with Crippen molar-refractivity contribution in [3.8, 4) is 0 Å². The molecule has 27 heavy (non-hydrogen) atoms. The summed E-state index contributed by atoms with van der Waals surface area (Å²) in [5.74, 6) is -2.49. The van der Waals surface area contributed by atoms with E-state index < -0.39 is 11.9 Å². The molecule has 0 atom stereocenters. The van der Waals surface area contributed by atoms with E-state index in [1.165, 1.54) is 12.1 Å². The Balaban J connectivity index is 0.000000187. The van der Waals surface area contributed by atoms with Gasteiger partial charge in [0.2, 0.25) is 0 Å². The van der Waals surface area contributed by atoms with Gasteiger partial charge in [0.25, 0.3) is 0 Å². The Kier molecular flexibility index (Phi) is 6.79. The number of fused-ring (bicyclic) bond motifs is 2. The number of nitrogens with zero attached hydrogens (tertiary/aromatic N) is 2. The van der Waals surface area contributed by atoms with Gasteiger partial charge in [0.15, 0.2) is 0 Å². The van der Waals surface area contributed by atoms with E-state index in [1.807, 2.05) is 36.4 Å². The fourth-order valence-electron chi connectivity index (χ4n) is 2.36. The predicted octanol–water partition coefficient (Wildman–Crippen LogP) is 1.19. The van der Waals surface area contributed by atoms with Gasteiger partial charge in [0, 0.05) is 33.2 Å². The van der Waals surface area contributed by atoms with Crippen molar-refractivity contribution < 1.29 is 42.2 Å². The molecule has 2 heterocycles. The number of rotatable bonds is 2. The molecule has 2 aromatic heterocycles. The van der Waals surface area contributed by atoms with Crippen LogP contribution in [-0.2, 0) is 22.4 Å². The topological polar surface area (TPSA) is 106 Å². The number of pyridine rings is 2. The van der Waals surface area contributed by atoms with Crippen LogP contribution in [0.15, 0.2) is 72.8 Å². The smallest absolute Gasteiger partial charge is 0.0900 e. The van der Waals surface area contributed by atoms with Gasteiger partial charge in [-0.05, 0) is 24.3 Å². The van der Waals surface area contributed by atoms with E-state index in [2.05, 4.69) is 9.97 Å². The summed E-state index contributed by atoms with van der Waals surface area (Å²) in [5.41, 5.74) is 1.28. The van der Waals surface area contributed by atoms with Crippen molar-refractivity contribution in [2.45, 2.75) is 0 Å². The van der Waals surface area contributed by atoms with Crippen molar-refractivity contribution in [1.29, 1.82) is 0 Å². The Labute approximate surface area is 170 Å². The third-order valence-electron chi connectivity index (χ3n) is 3.62. The zero-order valence-corrected chi connectivity index (χ0v) is 15.2. The van der Waals surface area contributed by atoms with Crippen LogP contribution in [0.25, 0.3) is 21.8 Å². The van der Waals surface area contributed by atoms with E-state index in [0.717, 1.165) is 10.8 Å². The minimum Gasteiger partial charge on any atom is -0.543 e. The minimum absolute atomic E-state index is 0. The first-order valence-electron chi connectivity index (χ1n) is 7.69. The van der Waals surface area contributed by atoms with Crippen molar-refractivity contribution in [2.75, 3.05) is 0 Å². The zero-order valence-electron chi connectivity index (χ0n) is 13.8. The van der Waals surface area contributed by atoms with Gasteiger partial charge < -0.3 is 19.8 Å². The molecular formula is C20H12AgN2O4-2. The van der Waals surface area contributed by atoms with Gasteiger partial charge in [-0.25, -0.2) is 9.97 Å². The molecule has 1 radical (unpaired) electrons. The molecule has 0 aliphatic carbocycles. The van der Waals surface area contributed by atoms with E-state index >= 15 is 0 Å². The molecule has 0 aliphatic heterocycles. The largest absolute Gasteiger partial charge is 0.543 e. The number of hydrogen-bond donors (Lipinski definition) is 0. The number of aromatic nitrogens is 2. The fourth-order valence-corrected chi connectivity index (χ4v) is 2.36. The summed E-state index contributed by atoms with van der Waals surface area (Å²) >= 11 is 0. The Morgan fingerprint density at radius 2 is 0.963 bits per heavy atom. The maximum Gasteiger partial charge on any atom is 0.0900 e. The molecule has 4 rings (SSSR count). The van der Waals surface area contributed by atoms with Crippen molar-refractivity contribution in [2.24, 2.45) is 0 Å². The number of aromatic carboxylic acids is 2. The van der Waals surface area contributed by atoms with Crippen LogP contribution in [0, 0.1) is 0 Å². The van der Waals surface area contributed by atoms with E-state index in [4.69, 9.17) is 0 Å². The summed E-state index contributed by atoms with van der Waals surface area (Å²) in [6.07, 6.45) is 0. The molecule has 0 aliphatic rings. The third kappa shape index (κ3) is 4.98. The second-order valence-corrected chi connectivity index (χ2v) is 5.35. The van der Waals surface area contributed by atoms with Crippen LogP contribution in [0.2, 0.25) is 0 Å². The molecule has 2 aromatic carbocycles. The van der Waals surface area contributed by atoms with Gasteiger partial charge >= 0.3 is 0 Å². The quantitative estimate of drug-likeness (QED) is 0.424. The van der Waals surface area contributed by atoms with Gasteiger partial charge in [-0.15, -0.1) is 0 Å². The number of hydrogen-bond acceptors (Lipinski definition) is 6. The molecule has 0 N–H and O–H groups in total. The van der Waals surface area contributed by atoms with E-state index in [1.54, 1.807) is 24.3 Å². The van der Waals surface area contributed by atoms with Crippen LogP contribution >= 0.6 is 0 Å². The average Bonchev–Trinajstić information content (AvgIpc) is 2.67. The Morgan fingerprint density at radius 3 is 1.33 bits per heavy atom. The van der Waals surface area contributed by atoms with Gasteiger partial charge in [-0.1, -0.05) is 48.5 Å². The Morgan fingerprint density at radius 1 is 0.593 bits per heavy atom. The molecule has 7 heteroatoms. The first kappa shape index (κ1) is 20.3. The minimum atomic E-state index is -1.24. The van der Waals surface area contributed by atoms with E-state index in [9.17, 15) is 19.8 Å². The molecular weight excluding hydrogens is 440 g/mol. The summed E-state index contributed by atoms with van der Waals surface area (Å²) in [4.78, 5) is 28.8. The van der Waals surface area contributed by atoms with E-state index in [0.29, 0.717) is 11.0 Å². The molecule has 0 fully saturated rings. The molecule has 0 saturated carbocycles. The Bertz CT molecular complexity index is 1030. The monoisotopic (exact) mass is 451 g/mol. The average molecular weight is 452 g/mol. The number of carbonyl (C=O) groups is 2. The van der Waals surface area contributed by atoms with E-state index in [-0.39, 0.29) is 33.8 Å². The van der Waals surface area contributed by atoms with Gasteiger partial charge in [0.05, 0.1) is 34.4 Å². The maximum absolute atomic E-state index is 10.5. The van der Waals surface area contributed by atoms with Gasteiger partial charge in [0.1, 0.15) is 0 Å². The molecule has 0 unspecified atom stereocenters. The van der Waals surface area contributed by atoms with Crippen LogP contribution in [0.4, 0.5) is 0 Å². The normalized spacial score (nSPS) is 9.78. The molecule has 139 valence electrons. The van der Waals surface area contributed by atoms with Gasteiger partial charge in [-0.2, -0.15) is 0 Å². The van der Waals surface area contributed by atoms with Gasteiger partial charge in [-0.3, -0.25) is 0 Å². The van der Waals surface area contributed by atoms with Crippen LogP contribution in [0.1, 0.15) is 21.0 Å². The second kappa shape index (κ2) is 9.05. The molecule has 0 saturated heterocycles. The summed E-state index contributed by atoms with van der Waals surface area (Å²) < 4.78 is 0. The molecule has 0 amide bonds. The van der Waals surface area contributed by atoms with Crippen molar-refractivity contribution >= 4 is 33.7 Å². The summed E-state index contributed by atoms with van der Waals surface area (Å²) in [6.45, 7) is 0. The number of carboxylic acids is 2. The van der Waals surface area contributed by atoms with Crippen LogP contribution in [-0.4, -0.2) is 21.9 Å². The summed E-state index contributed by atoms with van der Waals surface area (Å²) in [7, 11) is 0. The summed E-state index contributed by atoms with van der Waals surface area (Å²) in [5, 5.41) is 22.8. The molecule has 6 nitrogen and oxygen atoms in total. The first-order chi connectivity index (χ1) is 12.5. The number of para-hydroxylation sites is 2. The van der Waals surface area contributed by atoms with Crippen LogP contribution in [0.3, 0.4) is 0 Å². The third-order valence-corrected chi connectivity index (χ3v) is 3.62. The zero-order chi connectivity index (χ0) is 18.5. The maximum atomic E-state index is 10.5. The van der Waals surface area contributed by atoms with Crippen molar-refractivity contribution in [1.82, 2.24) is 9.97 Å². The number of carbonyl (C=O) groups excluding carboxylic acids is 2. The predicted molar refractivity (Wildman–Crippen MR) is 92.1 cm³/mol. The molecule has 4 aromatic rings. The molecule has 0 bridgehead atoms. The summed E-state index contributed by atoms with van der Waals surface area (Å²) in [6, 6.07) is 21.0. The van der Waals surface area contributed by atoms with Crippen molar-refractivity contribution in [3.63, 3.8) is 0 Å². The number of carboxylic acid groups (broad SMARTS) is 2. The standard InChI is InChI=1S/2C10H7NO2.Ag/c2*12-10(13)9-6-5-7-3-1-2-4-8(7)11-9;/h2*1-6H,(H,12,13);/p-2. The van der Waals surface area contributed by atoms with Crippen LogP contribution in [0.5, 0.6) is 0 Å². The molecule has 0 spiro atoms. The van der Waals surface area contributed by atoms with Crippen LogP contribution < -0.4 is 10.2 Å². The Hall–Kier alpha value is -3.06. The van der Waals surface area contributed by atoms with Crippen molar-refractivity contribution in [3.05, 3.63) is 84.2 Å². The fraction of sp³-hybridized carbons (Fsp3) is 0. The number of benzene rings is 2.